The van der Waals surface area contributed by atoms with Crippen LogP contribution in [0, 0.1) is 13.8 Å². The van der Waals surface area contributed by atoms with Gasteiger partial charge in [-0.15, -0.1) is 0 Å². The second kappa shape index (κ2) is 10.2. The lowest BCUT2D eigenvalue weighted by Crippen LogP contribution is -2.24. The summed E-state index contributed by atoms with van der Waals surface area (Å²) in [6.45, 7) is 5.90. The van der Waals surface area contributed by atoms with Crippen LogP contribution in [0.2, 0.25) is 15.1 Å². The van der Waals surface area contributed by atoms with Gasteiger partial charge >= 0.3 is 0 Å². The summed E-state index contributed by atoms with van der Waals surface area (Å²) in [5.41, 5.74) is 7.83. The van der Waals surface area contributed by atoms with E-state index >= 15 is 0 Å². The summed E-state index contributed by atoms with van der Waals surface area (Å²) in [6.07, 6.45) is 2.61. The number of hydrogen-bond donors (Lipinski definition) is 1. The molecule has 1 amide bonds. The van der Waals surface area contributed by atoms with Gasteiger partial charge in [0.1, 0.15) is 10.8 Å². The minimum Gasteiger partial charge on any atom is -0.482 e. The van der Waals surface area contributed by atoms with Gasteiger partial charge in [0.05, 0.1) is 11.2 Å². The number of ether oxygens (including phenoxy) is 1. The van der Waals surface area contributed by atoms with Gasteiger partial charge in [0.2, 0.25) is 0 Å². The van der Waals surface area contributed by atoms with Crippen molar-refractivity contribution < 1.29 is 9.53 Å². The minimum absolute atomic E-state index is 0.196. The number of benzene rings is 2. The molecule has 0 aliphatic carbocycles. The molecule has 31 heavy (non-hydrogen) atoms. The SMILES string of the molecule is CCc1ccc(-n2c(C)cc(/C=N\NC(=O)COc3cc(Cl)cc(Cl)c3Cl)c2C)cc1. The third-order valence-corrected chi connectivity index (χ3v) is 5.79. The van der Waals surface area contributed by atoms with Crippen molar-refractivity contribution in [2.45, 2.75) is 27.2 Å². The number of halogens is 3. The summed E-state index contributed by atoms with van der Waals surface area (Å²) in [7, 11) is 0. The number of hydrazone groups is 1. The molecule has 3 rings (SSSR count). The second-order valence-corrected chi connectivity index (χ2v) is 8.19. The van der Waals surface area contributed by atoms with Gasteiger partial charge in [0, 0.05) is 33.7 Å². The molecule has 2 aromatic carbocycles. The highest BCUT2D eigenvalue weighted by molar-refractivity contribution is 6.44. The van der Waals surface area contributed by atoms with Crippen molar-refractivity contribution in [2.24, 2.45) is 5.10 Å². The van der Waals surface area contributed by atoms with E-state index in [9.17, 15) is 4.79 Å². The highest BCUT2D eigenvalue weighted by Crippen LogP contribution is 2.35. The van der Waals surface area contributed by atoms with Crippen LogP contribution in [0.1, 0.15) is 29.4 Å². The van der Waals surface area contributed by atoms with Gasteiger partial charge in [0.25, 0.3) is 5.91 Å². The van der Waals surface area contributed by atoms with Gasteiger partial charge in [-0.2, -0.15) is 5.10 Å². The quantitative estimate of drug-likeness (QED) is 0.252. The number of nitrogens with one attached hydrogen (secondary N) is 1. The smallest absolute Gasteiger partial charge is 0.277 e. The lowest BCUT2D eigenvalue weighted by atomic mass is 10.1. The van der Waals surface area contributed by atoms with Crippen LogP contribution in [-0.2, 0) is 11.2 Å². The molecule has 162 valence electrons. The molecule has 5 nitrogen and oxygen atoms in total. The number of aromatic nitrogens is 1. The standard InChI is InChI=1S/C23H22Cl3N3O2/c1-4-16-5-7-19(8-6-16)29-14(2)9-17(15(29)3)12-27-28-22(30)13-31-21-11-18(24)10-20(25)23(21)26/h5-12H,4,13H2,1-3H3,(H,28,30)/b27-12-. The molecule has 1 heterocycles. The fourth-order valence-corrected chi connectivity index (χ4v) is 3.82. The largest absolute Gasteiger partial charge is 0.482 e. The predicted molar refractivity (Wildman–Crippen MR) is 127 cm³/mol. The van der Waals surface area contributed by atoms with Gasteiger partial charge in [-0.05, 0) is 50.1 Å². The fourth-order valence-electron chi connectivity index (χ4n) is 3.18. The van der Waals surface area contributed by atoms with Crippen LogP contribution in [0.15, 0.2) is 47.6 Å². The number of nitrogens with zero attached hydrogens (tertiary/aromatic N) is 2. The Bertz CT molecular complexity index is 1120. The third kappa shape index (κ3) is 5.62. The normalized spacial score (nSPS) is 11.2. The minimum atomic E-state index is -0.438. The average molecular weight is 479 g/mol. The Labute approximate surface area is 196 Å². The lowest BCUT2D eigenvalue weighted by Gasteiger charge is -2.10. The number of amides is 1. The van der Waals surface area contributed by atoms with Crippen LogP contribution in [0.4, 0.5) is 0 Å². The molecule has 0 fully saturated rings. The first kappa shape index (κ1) is 23.2. The van der Waals surface area contributed by atoms with Gasteiger partial charge in [-0.3, -0.25) is 4.79 Å². The molecule has 0 radical (unpaired) electrons. The molecule has 8 heteroatoms. The van der Waals surface area contributed by atoms with E-state index in [1.165, 1.54) is 17.7 Å². The highest BCUT2D eigenvalue weighted by atomic mass is 35.5. The Morgan fingerprint density at radius 2 is 1.84 bits per heavy atom. The van der Waals surface area contributed by atoms with E-state index in [0.29, 0.717) is 5.02 Å². The topological polar surface area (TPSA) is 55.6 Å². The van der Waals surface area contributed by atoms with E-state index in [1.54, 1.807) is 6.21 Å². The molecule has 0 aliphatic rings. The van der Waals surface area contributed by atoms with E-state index in [2.05, 4.69) is 46.3 Å². The Morgan fingerprint density at radius 3 is 2.52 bits per heavy atom. The van der Waals surface area contributed by atoms with Crippen molar-refractivity contribution in [1.82, 2.24) is 9.99 Å². The Morgan fingerprint density at radius 1 is 1.13 bits per heavy atom. The summed E-state index contributed by atoms with van der Waals surface area (Å²) in [5, 5.41) is 4.86. The number of hydrogen-bond acceptors (Lipinski definition) is 3. The van der Waals surface area contributed by atoms with Crippen LogP contribution in [0.3, 0.4) is 0 Å². The number of rotatable bonds is 7. The molecule has 3 aromatic rings. The number of carbonyl (C=O) groups is 1. The molecular formula is C23H22Cl3N3O2. The van der Waals surface area contributed by atoms with Crippen molar-refractivity contribution in [2.75, 3.05) is 6.61 Å². The van der Waals surface area contributed by atoms with Gasteiger partial charge in [0.15, 0.2) is 6.61 Å². The van der Waals surface area contributed by atoms with Crippen molar-refractivity contribution >= 4 is 46.9 Å². The molecule has 0 spiro atoms. The summed E-state index contributed by atoms with van der Waals surface area (Å²) in [5.74, 6) is -0.205. The molecule has 1 aromatic heterocycles. The summed E-state index contributed by atoms with van der Waals surface area (Å²) >= 11 is 17.9. The average Bonchev–Trinajstić information content (AvgIpc) is 3.02. The second-order valence-electron chi connectivity index (χ2n) is 6.96. The first-order valence-electron chi connectivity index (χ1n) is 9.67. The summed E-state index contributed by atoms with van der Waals surface area (Å²) < 4.78 is 7.55. The Balaban J connectivity index is 1.64. The zero-order valence-electron chi connectivity index (χ0n) is 17.4. The maximum absolute atomic E-state index is 12.1. The van der Waals surface area contributed by atoms with E-state index in [1.807, 2.05) is 19.9 Å². The molecule has 0 atom stereocenters. The van der Waals surface area contributed by atoms with Crippen molar-refractivity contribution in [3.63, 3.8) is 0 Å². The highest BCUT2D eigenvalue weighted by Gasteiger charge is 2.11. The van der Waals surface area contributed by atoms with Gasteiger partial charge in [-0.1, -0.05) is 53.9 Å². The van der Waals surface area contributed by atoms with E-state index in [-0.39, 0.29) is 22.4 Å². The fraction of sp³-hybridized carbons (Fsp3) is 0.217. The Hall–Kier alpha value is -2.47. The molecular weight excluding hydrogens is 457 g/mol. The van der Waals surface area contributed by atoms with Crippen LogP contribution >= 0.6 is 34.8 Å². The Kier molecular flexibility index (Phi) is 7.65. The maximum Gasteiger partial charge on any atom is 0.277 e. The van der Waals surface area contributed by atoms with Crippen molar-refractivity contribution in [3.8, 4) is 11.4 Å². The number of carbonyl (C=O) groups excluding carboxylic acids is 1. The summed E-state index contributed by atoms with van der Waals surface area (Å²) in [6, 6.07) is 13.5. The zero-order valence-corrected chi connectivity index (χ0v) is 19.6. The van der Waals surface area contributed by atoms with Crippen LogP contribution in [0.5, 0.6) is 5.75 Å². The van der Waals surface area contributed by atoms with Crippen LogP contribution in [-0.4, -0.2) is 23.3 Å². The van der Waals surface area contributed by atoms with Crippen molar-refractivity contribution in [3.05, 3.63) is 80.0 Å². The lowest BCUT2D eigenvalue weighted by molar-refractivity contribution is -0.123. The molecule has 0 aliphatic heterocycles. The summed E-state index contributed by atoms with van der Waals surface area (Å²) in [4.78, 5) is 12.1. The predicted octanol–water partition coefficient (Wildman–Crippen LogP) is 6.15. The monoisotopic (exact) mass is 477 g/mol. The van der Waals surface area contributed by atoms with E-state index < -0.39 is 5.91 Å². The number of aryl methyl sites for hydroxylation is 2. The zero-order chi connectivity index (χ0) is 22.5. The van der Waals surface area contributed by atoms with Gasteiger partial charge < -0.3 is 9.30 Å². The van der Waals surface area contributed by atoms with Crippen LogP contribution < -0.4 is 10.2 Å². The molecule has 1 N–H and O–H groups in total. The molecule has 0 unspecified atom stereocenters. The first-order valence-corrected chi connectivity index (χ1v) is 10.8. The van der Waals surface area contributed by atoms with Crippen LogP contribution in [0.25, 0.3) is 5.69 Å². The maximum atomic E-state index is 12.1. The molecule has 0 saturated heterocycles. The van der Waals surface area contributed by atoms with E-state index in [0.717, 1.165) is 29.1 Å². The first-order chi connectivity index (χ1) is 14.8. The van der Waals surface area contributed by atoms with Crippen molar-refractivity contribution in [1.29, 1.82) is 0 Å². The third-order valence-electron chi connectivity index (χ3n) is 4.78. The molecule has 0 bridgehead atoms. The molecule has 0 saturated carbocycles. The van der Waals surface area contributed by atoms with E-state index in [4.69, 9.17) is 39.5 Å². The van der Waals surface area contributed by atoms with Gasteiger partial charge in [-0.25, -0.2) is 5.43 Å².